The number of imidazole rings is 1. The van der Waals surface area contributed by atoms with Crippen molar-refractivity contribution in [2.75, 3.05) is 0 Å². The van der Waals surface area contributed by atoms with E-state index in [4.69, 9.17) is 0 Å². The van der Waals surface area contributed by atoms with Gasteiger partial charge in [-0.2, -0.15) is 0 Å². The van der Waals surface area contributed by atoms with Crippen molar-refractivity contribution in [3.8, 4) is 33.6 Å². The van der Waals surface area contributed by atoms with E-state index in [2.05, 4.69) is 23.8 Å². The highest BCUT2D eigenvalue weighted by molar-refractivity contribution is 5.72. The van der Waals surface area contributed by atoms with Gasteiger partial charge in [0.1, 0.15) is 11.5 Å². The maximum absolute atomic E-state index is 13.3. The van der Waals surface area contributed by atoms with Gasteiger partial charge in [0.05, 0.1) is 17.6 Å². The molecule has 5 rings (SSSR count). The number of hydrogen-bond acceptors (Lipinski definition) is 3. The Morgan fingerprint density at radius 3 is 2.45 bits per heavy atom. The van der Waals surface area contributed by atoms with Crippen LogP contribution in [0.2, 0.25) is 0 Å². The number of hydrogen-bond donors (Lipinski definition) is 0. The van der Waals surface area contributed by atoms with Crippen molar-refractivity contribution in [3.05, 3.63) is 102 Å². The van der Waals surface area contributed by atoms with Crippen LogP contribution in [0.25, 0.3) is 39.3 Å². The van der Waals surface area contributed by atoms with Gasteiger partial charge in [-0.05, 0) is 71.6 Å². The molecule has 0 radical (unpaired) electrons. The summed E-state index contributed by atoms with van der Waals surface area (Å²) in [6, 6.07) is 17.7. The van der Waals surface area contributed by atoms with Crippen LogP contribution in [0.5, 0.6) is 0 Å². The maximum atomic E-state index is 13.3. The summed E-state index contributed by atoms with van der Waals surface area (Å²) in [6.07, 6.45) is 7.49. The van der Waals surface area contributed by atoms with Crippen LogP contribution < -0.4 is 5.56 Å². The molecule has 0 saturated carbocycles. The summed E-state index contributed by atoms with van der Waals surface area (Å²) in [5.74, 6) is 0.113. The van der Waals surface area contributed by atoms with Crippen molar-refractivity contribution in [2.24, 2.45) is 5.92 Å². The lowest BCUT2D eigenvalue weighted by Gasteiger charge is -2.11. The Bertz CT molecular complexity index is 1500. The van der Waals surface area contributed by atoms with E-state index in [1.165, 1.54) is 12.1 Å². The monoisotopic (exact) mass is 438 g/mol. The number of benzene rings is 1. The topological polar surface area (TPSA) is 52.2 Å². The smallest absolute Gasteiger partial charge is 0.250 e. The zero-order valence-corrected chi connectivity index (χ0v) is 18.4. The van der Waals surface area contributed by atoms with Crippen molar-refractivity contribution in [1.29, 1.82) is 0 Å². The van der Waals surface area contributed by atoms with Crippen molar-refractivity contribution in [3.63, 3.8) is 0 Å². The molecular formula is C27H23FN4O. The number of halogens is 1. The lowest BCUT2D eigenvalue weighted by Crippen LogP contribution is -2.20. The van der Waals surface area contributed by atoms with E-state index >= 15 is 0 Å². The second-order valence-electron chi connectivity index (χ2n) is 8.53. The lowest BCUT2D eigenvalue weighted by molar-refractivity contribution is 0.511. The van der Waals surface area contributed by atoms with Crippen LogP contribution >= 0.6 is 0 Å². The second-order valence-corrected chi connectivity index (χ2v) is 8.53. The SMILES string of the molecule is CC(C)Cn1cc(-c2ccn3c(-c4ccnc(-c5ccc(F)cc5)c4)cnc3c2)ccc1=O. The average Bonchev–Trinajstić information content (AvgIpc) is 3.24. The summed E-state index contributed by atoms with van der Waals surface area (Å²) < 4.78 is 17.1. The number of aromatic nitrogens is 4. The average molecular weight is 439 g/mol. The molecular weight excluding hydrogens is 415 g/mol. The Kier molecular flexibility index (Phi) is 5.34. The molecule has 0 amide bonds. The minimum absolute atomic E-state index is 0.00581. The molecule has 0 atom stereocenters. The van der Waals surface area contributed by atoms with Gasteiger partial charge in [-0.1, -0.05) is 13.8 Å². The Morgan fingerprint density at radius 2 is 1.67 bits per heavy atom. The number of rotatable bonds is 5. The minimum atomic E-state index is -0.271. The Balaban J connectivity index is 1.51. The molecule has 4 heterocycles. The third-order valence-electron chi connectivity index (χ3n) is 5.59. The third-order valence-corrected chi connectivity index (χ3v) is 5.59. The van der Waals surface area contributed by atoms with Gasteiger partial charge in [0.2, 0.25) is 0 Å². The fourth-order valence-corrected chi connectivity index (χ4v) is 3.98. The van der Waals surface area contributed by atoms with E-state index in [0.717, 1.165) is 39.3 Å². The first-order valence-electron chi connectivity index (χ1n) is 10.9. The highest BCUT2D eigenvalue weighted by Gasteiger charge is 2.10. The molecule has 0 aliphatic rings. The summed E-state index contributed by atoms with van der Waals surface area (Å²) in [6.45, 7) is 4.87. The Hall–Kier alpha value is -4.06. The molecule has 1 aromatic carbocycles. The predicted octanol–water partition coefficient (Wildman–Crippen LogP) is 5.69. The van der Waals surface area contributed by atoms with Gasteiger partial charge in [-0.25, -0.2) is 9.37 Å². The minimum Gasteiger partial charge on any atom is -0.315 e. The zero-order chi connectivity index (χ0) is 22.9. The largest absolute Gasteiger partial charge is 0.315 e. The number of nitrogens with zero attached hydrogens (tertiary/aromatic N) is 4. The third kappa shape index (κ3) is 4.20. The zero-order valence-electron chi connectivity index (χ0n) is 18.4. The highest BCUT2D eigenvalue weighted by atomic mass is 19.1. The predicted molar refractivity (Wildman–Crippen MR) is 128 cm³/mol. The number of fused-ring (bicyclic) bond motifs is 1. The fraction of sp³-hybridized carbons (Fsp3) is 0.148. The normalized spacial score (nSPS) is 11.4. The van der Waals surface area contributed by atoms with Crippen LogP contribution in [-0.2, 0) is 6.54 Å². The first-order chi connectivity index (χ1) is 16.0. The molecule has 164 valence electrons. The highest BCUT2D eigenvalue weighted by Crippen LogP contribution is 2.27. The van der Waals surface area contributed by atoms with Gasteiger partial charge < -0.3 is 4.57 Å². The Morgan fingerprint density at radius 1 is 0.879 bits per heavy atom. The van der Waals surface area contributed by atoms with Crippen LogP contribution in [0.4, 0.5) is 4.39 Å². The lowest BCUT2D eigenvalue weighted by atomic mass is 10.1. The first-order valence-corrected chi connectivity index (χ1v) is 10.9. The van der Waals surface area contributed by atoms with Gasteiger partial charge in [-0.15, -0.1) is 0 Å². The van der Waals surface area contributed by atoms with E-state index in [9.17, 15) is 9.18 Å². The van der Waals surface area contributed by atoms with E-state index in [1.807, 2.05) is 53.3 Å². The van der Waals surface area contributed by atoms with Crippen LogP contribution in [-0.4, -0.2) is 18.9 Å². The van der Waals surface area contributed by atoms with Crippen LogP contribution in [0.1, 0.15) is 13.8 Å². The molecule has 0 fully saturated rings. The molecule has 0 saturated heterocycles. The van der Waals surface area contributed by atoms with Crippen molar-refractivity contribution < 1.29 is 4.39 Å². The molecule has 0 spiro atoms. The second kappa shape index (κ2) is 8.47. The molecule has 0 unspecified atom stereocenters. The molecule has 0 N–H and O–H groups in total. The van der Waals surface area contributed by atoms with Gasteiger partial charge >= 0.3 is 0 Å². The van der Waals surface area contributed by atoms with Gasteiger partial charge in [0.25, 0.3) is 5.56 Å². The fourth-order valence-electron chi connectivity index (χ4n) is 3.98. The summed E-state index contributed by atoms with van der Waals surface area (Å²) >= 11 is 0. The standard InChI is InChI=1S/C27H23FN4O/c1-18(2)16-31-17-22(5-8-27(31)33)20-10-12-32-25(15-30-26(32)14-20)21-9-11-29-24(13-21)19-3-6-23(28)7-4-19/h3-15,17-18H,16H2,1-2H3. The summed E-state index contributed by atoms with van der Waals surface area (Å²) in [4.78, 5) is 21.2. The maximum Gasteiger partial charge on any atom is 0.250 e. The van der Waals surface area contributed by atoms with Gasteiger partial charge in [-0.3, -0.25) is 14.2 Å². The summed E-state index contributed by atoms with van der Waals surface area (Å²) in [5, 5.41) is 0. The molecule has 0 aliphatic heterocycles. The molecule has 5 nitrogen and oxygen atoms in total. The number of pyridine rings is 3. The summed E-state index contributed by atoms with van der Waals surface area (Å²) in [5.41, 5.74) is 6.32. The molecule has 4 aromatic heterocycles. The van der Waals surface area contributed by atoms with E-state index in [-0.39, 0.29) is 11.4 Å². The quantitative estimate of drug-likeness (QED) is 0.354. The van der Waals surface area contributed by atoms with Crippen LogP contribution in [0.3, 0.4) is 0 Å². The molecule has 5 aromatic rings. The summed E-state index contributed by atoms with van der Waals surface area (Å²) in [7, 11) is 0. The van der Waals surface area contributed by atoms with Crippen molar-refractivity contribution in [2.45, 2.75) is 20.4 Å². The van der Waals surface area contributed by atoms with Crippen LogP contribution in [0.15, 0.2) is 90.2 Å². The first kappa shape index (κ1) is 20.8. The Labute approximate surface area is 190 Å². The molecule has 6 heteroatoms. The molecule has 0 bridgehead atoms. The van der Waals surface area contributed by atoms with Gasteiger partial charge in [0, 0.05) is 42.3 Å². The molecule has 0 aliphatic carbocycles. The van der Waals surface area contributed by atoms with E-state index in [0.29, 0.717) is 12.5 Å². The van der Waals surface area contributed by atoms with Gasteiger partial charge in [0.15, 0.2) is 0 Å². The van der Waals surface area contributed by atoms with Crippen molar-refractivity contribution in [1.82, 2.24) is 18.9 Å². The van der Waals surface area contributed by atoms with Crippen molar-refractivity contribution >= 4 is 5.65 Å². The molecule has 33 heavy (non-hydrogen) atoms. The van der Waals surface area contributed by atoms with E-state index in [1.54, 1.807) is 29.0 Å². The van der Waals surface area contributed by atoms with E-state index < -0.39 is 0 Å². The van der Waals surface area contributed by atoms with Crippen LogP contribution in [0, 0.1) is 11.7 Å².